The number of aromatic amines is 1. The molecule has 0 aliphatic heterocycles. The normalized spacial score (nSPS) is 11.0. The molecule has 0 radical (unpaired) electrons. The molecule has 0 fully saturated rings. The molecule has 3 N–H and O–H groups in total. The van der Waals surface area contributed by atoms with Gasteiger partial charge in [-0.25, -0.2) is 9.97 Å². The maximum Gasteiger partial charge on any atom is 0.258 e. The second-order valence-electron chi connectivity index (χ2n) is 7.43. The molecule has 2 aromatic heterocycles. The van der Waals surface area contributed by atoms with Gasteiger partial charge in [0.1, 0.15) is 11.6 Å². The molecule has 0 spiro atoms. The highest BCUT2D eigenvalue weighted by molar-refractivity contribution is 7.98. The number of carbonyl (C=O) groups excluding carboxylic acids is 1. The number of rotatable bonds is 8. The molecule has 4 aromatic rings. The van der Waals surface area contributed by atoms with Crippen LogP contribution < -0.4 is 15.4 Å². The Bertz CT molecular complexity index is 1230. The van der Waals surface area contributed by atoms with Crippen molar-refractivity contribution < 1.29 is 9.53 Å². The van der Waals surface area contributed by atoms with Crippen LogP contribution in [0, 0.1) is 0 Å². The zero-order chi connectivity index (χ0) is 22.5. The molecule has 9 heteroatoms. The number of anilines is 2. The van der Waals surface area contributed by atoms with E-state index in [2.05, 4.69) is 26.9 Å². The maximum absolute atomic E-state index is 11.9. The minimum Gasteiger partial charge on any atom is -0.484 e. The van der Waals surface area contributed by atoms with Crippen LogP contribution in [0.4, 0.5) is 11.5 Å². The summed E-state index contributed by atoms with van der Waals surface area (Å²) in [5, 5.41) is 13.8. The number of hydrogen-bond donors (Lipinski definition) is 3. The fraction of sp³-hybridized carbons (Fsp3) is 0.217. The largest absolute Gasteiger partial charge is 0.484 e. The van der Waals surface area contributed by atoms with Crippen molar-refractivity contribution in [3.63, 3.8) is 0 Å². The molecule has 0 bridgehead atoms. The summed E-state index contributed by atoms with van der Waals surface area (Å²) in [6, 6.07) is 13.6. The van der Waals surface area contributed by atoms with Crippen LogP contribution in [0.3, 0.4) is 0 Å². The highest BCUT2D eigenvalue weighted by Crippen LogP contribution is 2.31. The molecule has 0 aliphatic carbocycles. The lowest BCUT2D eigenvalue weighted by Crippen LogP contribution is -2.34. The van der Waals surface area contributed by atoms with Crippen LogP contribution >= 0.6 is 11.8 Å². The molecule has 0 unspecified atom stereocenters. The van der Waals surface area contributed by atoms with E-state index in [9.17, 15) is 4.79 Å². The number of benzene rings is 2. The predicted molar refractivity (Wildman–Crippen MR) is 127 cm³/mol. The molecule has 2 heterocycles. The number of nitrogens with one attached hydrogen (secondary N) is 3. The Hall–Kier alpha value is -3.59. The molecular weight excluding hydrogens is 424 g/mol. The van der Waals surface area contributed by atoms with E-state index >= 15 is 0 Å². The summed E-state index contributed by atoms with van der Waals surface area (Å²) in [5.41, 5.74) is 2.41. The number of aromatic nitrogens is 4. The maximum atomic E-state index is 11.9. The number of H-pyrrole nitrogens is 1. The quantitative estimate of drug-likeness (QED) is 0.343. The van der Waals surface area contributed by atoms with Crippen molar-refractivity contribution in [3.8, 4) is 17.1 Å². The highest BCUT2D eigenvalue weighted by atomic mass is 32.2. The number of hydrogen-bond acceptors (Lipinski definition) is 7. The third-order valence-corrected chi connectivity index (χ3v) is 5.30. The number of thioether (sulfide) groups is 1. The minimum atomic E-state index is -0.163. The fourth-order valence-electron chi connectivity index (χ4n) is 3.15. The summed E-state index contributed by atoms with van der Waals surface area (Å²) in [6.07, 6.45) is 5.50. The lowest BCUT2D eigenvalue weighted by Gasteiger charge is -2.12. The van der Waals surface area contributed by atoms with Crippen LogP contribution in [0.1, 0.15) is 13.8 Å². The van der Waals surface area contributed by atoms with E-state index < -0.39 is 0 Å². The Labute approximate surface area is 190 Å². The summed E-state index contributed by atoms with van der Waals surface area (Å²) < 4.78 is 5.67. The summed E-state index contributed by atoms with van der Waals surface area (Å²) in [5.74, 6) is 1.65. The minimum absolute atomic E-state index is 0.0506. The predicted octanol–water partition coefficient (Wildman–Crippen LogP) is 4.39. The molecule has 0 atom stereocenters. The molecule has 1 amide bonds. The molecule has 8 nitrogen and oxygen atoms in total. The lowest BCUT2D eigenvalue weighted by atomic mass is 10.1. The molecule has 0 aliphatic rings. The summed E-state index contributed by atoms with van der Waals surface area (Å²) in [7, 11) is 0. The number of ether oxygens (including phenoxy) is 1. The number of carbonyl (C=O) groups is 1. The van der Waals surface area contributed by atoms with Gasteiger partial charge < -0.3 is 15.4 Å². The SMILES string of the molecule is CSc1ccc2nc(-c3cccc(OCC(=O)NC(C)C)c3)nc(Nc3cn[nH]c3)c2c1. The van der Waals surface area contributed by atoms with E-state index in [1.54, 1.807) is 24.2 Å². The van der Waals surface area contributed by atoms with E-state index in [1.807, 2.05) is 56.5 Å². The average molecular weight is 449 g/mol. The third kappa shape index (κ3) is 5.17. The summed E-state index contributed by atoms with van der Waals surface area (Å²) >= 11 is 1.66. The second kappa shape index (κ2) is 9.69. The number of fused-ring (bicyclic) bond motifs is 1. The fourth-order valence-corrected chi connectivity index (χ4v) is 3.59. The molecule has 2 aromatic carbocycles. The van der Waals surface area contributed by atoms with Crippen molar-refractivity contribution in [1.29, 1.82) is 0 Å². The first kappa shape index (κ1) is 21.6. The zero-order valence-corrected chi connectivity index (χ0v) is 18.9. The van der Waals surface area contributed by atoms with Crippen LogP contribution in [-0.4, -0.2) is 45.0 Å². The van der Waals surface area contributed by atoms with Gasteiger partial charge in [-0.1, -0.05) is 12.1 Å². The van der Waals surface area contributed by atoms with Crippen LogP contribution in [0.2, 0.25) is 0 Å². The topological polar surface area (TPSA) is 105 Å². The van der Waals surface area contributed by atoms with Crippen molar-refractivity contribution in [2.24, 2.45) is 0 Å². The van der Waals surface area contributed by atoms with Gasteiger partial charge in [0.2, 0.25) is 0 Å². The molecule has 4 rings (SSSR count). The van der Waals surface area contributed by atoms with Gasteiger partial charge in [0, 0.05) is 28.1 Å². The van der Waals surface area contributed by atoms with Crippen molar-refractivity contribution in [3.05, 3.63) is 54.9 Å². The lowest BCUT2D eigenvalue weighted by molar-refractivity contribution is -0.123. The number of nitrogens with zero attached hydrogens (tertiary/aromatic N) is 3. The number of amides is 1. The van der Waals surface area contributed by atoms with Gasteiger partial charge in [0.15, 0.2) is 12.4 Å². The Morgan fingerprint density at radius 3 is 2.81 bits per heavy atom. The van der Waals surface area contributed by atoms with E-state index in [0.717, 1.165) is 27.0 Å². The highest BCUT2D eigenvalue weighted by Gasteiger charge is 2.12. The van der Waals surface area contributed by atoms with Crippen molar-refractivity contribution >= 4 is 40.1 Å². The first-order chi connectivity index (χ1) is 15.5. The van der Waals surface area contributed by atoms with Crippen LogP contribution in [0.5, 0.6) is 5.75 Å². The van der Waals surface area contributed by atoms with Crippen molar-refractivity contribution in [2.75, 3.05) is 18.2 Å². The monoisotopic (exact) mass is 448 g/mol. The standard InChI is InChI=1S/C23H24N6O2S/c1-14(2)26-21(30)13-31-17-6-4-5-15(9-17)22-28-20-8-7-18(32-3)10-19(20)23(29-22)27-16-11-24-25-12-16/h4-12,14H,13H2,1-3H3,(H,24,25)(H,26,30)(H,27,28,29). The molecule has 0 saturated carbocycles. The van der Waals surface area contributed by atoms with Gasteiger partial charge in [0.25, 0.3) is 5.91 Å². The van der Waals surface area contributed by atoms with Gasteiger partial charge >= 0.3 is 0 Å². The van der Waals surface area contributed by atoms with E-state index in [-0.39, 0.29) is 18.6 Å². The first-order valence-electron chi connectivity index (χ1n) is 10.2. The Morgan fingerprint density at radius 2 is 2.06 bits per heavy atom. The molecule has 164 valence electrons. The summed E-state index contributed by atoms with van der Waals surface area (Å²) in [4.78, 5) is 22.6. The molecular formula is C23H24N6O2S. The van der Waals surface area contributed by atoms with E-state index in [0.29, 0.717) is 17.4 Å². The van der Waals surface area contributed by atoms with E-state index in [4.69, 9.17) is 14.7 Å². The third-order valence-electron chi connectivity index (χ3n) is 4.58. The van der Waals surface area contributed by atoms with Crippen molar-refractivity contribution in [1.82, 2.24) is 25.5 Å². The van der Waals surface area contributed by atoms with E-state index in [1.165, 1.54) is 0 Å². The Kier molecular flexibility index (Phi) is 6.55. The van der Waals surface area contributed by atoms with Crippen LogP contribution in [-0.2, 0) is 4.79 Å². The second-order valence-corrected chi connectivity index (χ2v) is 8.31. The Morgan fingerprint density at radius 1 is 1.19 bits per heavy atom. The molecule has 0 saturated heterocycles. The van der Waals surface area contributed by atoms with Gasteiger partial charge in [-0.3, -0.25) is 9.89 Å². The van der Waals surface area contributed by atoms with Gasteiger partial charge in [-0.05, 0) is 50.4 Å². The smallest absolute Gasteiger partial charge is 0.258 e. The van der Waals surface area contributed by atoms with Gasteiger partial charge in [0.05, 0.1) is 17.4 Å². The van der Waals surface area contributed by atoms with Gasteiger partial charge in [-0.15, -0.1) is 11.8 Å². The first-order valence-corrected chi connectivity index (χ1v) is 11.4. The average Bonchev–Trinajstić information content (AvgIpc) is 3.30. The van der Waals surface area contributed by atoms with Gasteiger partial charge in [-0.2, -0.15) is 5.10 Å². The van der Waals surface area contributed by atoms with Crippen LogP contribution in [0.25, 0.3) is 22.3 Å². The van der Waals surface area contributed by atoms with Crippen LogP contribution in [0.15, 0.2) is 59.8 Å². The zero-order valence-electron chi connectivity index (χ0n) is 18.0. The molecule has 32 heavy (non-hydrogen) atoms. The van der Waals surface area contributed by atoms with Crippen molar-refractivity contribution in [2.45, 2.75) is 24.8 Å². The Balaban J connectivity index is 1.67. The summed E-state index contributed by atoms with van der Waals surface area (Å²) in [6.45, 7) is 3.77.